The van der Waals surface area contributed by atoms with Gasteiger partial charge in [0.15, 0.2) is 0 Å². The highest BCUT2D eigenvalue weighted by molar-refractivity contribution is 7.09. The minimum absolute atomic E-state index is 0.0374. The molecule has 0 saturated heterocycles. The first-order valence-corrected chi connectivity index (χ1v) is 8.31. The van der Waals surface area contributed by atoms with Crippen molar-refractivity contribution in [2.24, 2.45) is 5.73 Å². The van der Waals surface area contributed by atoms with E-state index in [9.17, 15) is 4.39 Å². The van der Waals surface area contributed by atoms with Crippen molar-refractivity contribution >= 4 is 11.3 Å². The van der Waals surface area contributed by atoms with Crippen molar-refractivity contribution < 1.29 is 4.39 Å². The minimum atomic E-state index is -0.205. The van der Waals surface area contributed by atoms with Gasteiger partial charge in [-0.2, -0.15) is 0 Å². The molecule has 0 aliphatic carbocycles. The third kappa shape index (κ3) is 4.13. The largest absolute Gasteiger partial charge is 0.326 e. The van der Waals surface area contributed by atoms with Gasteiger partial charge in [0.05, 0.1) is 6.04 Å². The first-order chi connectivity index (χ1) is 10.2. The van der Waals surface area contributed by atoms with Gasteiger partial charge in [0.25, 0.3) is 0 Å². The summed E-state index contributed by atoms with van der Waals surface area (Å²) in [4.78, 5) is 3.69. The first kappa shape index (κ1) is 16.1. The molecule has 0 amide bonds. The highest BCUT2D eigenvalue weighted by atomic mass is 32.1. The van der Waals surface area contributed by atoms with Crippen LogP contribution in [0.4, 0.5) is 4.39 Å². The predicted molar refractivity (Wildman–Crippen MR) is 87.8 cm³/mol. The van der Waals surface area contributed by atoms with Crippen LogP contribution in [-0.2, 0) is 6.54 Å². The zero-order chi connectivity index (χ0) is 15.2. The number of halogens is 1. The molecule has 0 aliphatic heterocycles. The van der Waals surface area contributed by atoms with E-state index in [1.165, 1.54) is 17.0 Å². The molecule has 0 radical (unpaired) electrons. The second kappa shape index (κ2) is 7.69. The molecule has 0 saturated carbocycles. The monoisotopic (exact) mass is 306 g/mol. The average molecular weight is 306 g/mol. The van der Waals surface area contributed by atoms with Gasteiger partial charge in [-0.15, -0.1) is 11.3 Å². The summed E-state index contributed by atoms with van der Waals surface area (Å²) in [6, 6.07) is 11.1. The molecule has 2 rings (SSSR count). The van der Waals surface area contributed by atoms with Crippen molar-refractivity contribution in [2.75, 3.05) is 6.54 Å². The van der Waals surface area contributed by atoms with E-state index in [0.717, 1.165) is 25.1 Å². The van der Waals surface area contributed by atoms with Crippen LogP contribution in [-0.4, -0.2) is 17.5 Å². The number of nitrogens with zero attached hydrogens (tertiary/aromatic N) is 1. The summed E-state index contributed by atoms with van der Waals surface area (Å²) in [5.41, 5.74) is 7.45. The lowest BCUT2D eigenvalue weighted by Gasteiger charge is -2.34. The predicted octanol–water partition coefficient (Wildman–Crippen LogP) is 4.19. The molecule has 2 nitrogen and oxygen atoms in total. The molecular formula is C17H23FN2S. The average Bonchev–Trinajstić information content (AvgIpc) is 3.01. The van der Waals surface area contributed by atoms with Gasteiger partial charge >= 0.3 is 0 Å². The van der Waals surface area contributed by atoms with Crippen LogP contribution < -0.4 is 5.73 Å². The van der Waals surface area contributed by atoms with E-state index in [1.807, 2.05) is 12.1 Å². The fraction of sp³-hybridized carbons (Fsp3) is 0.412. The van der Waals surface area contributed by atoms with Crippen molar-refractivity contribution in [2.45, 2.75) is 38.9 Å². The molecule has 2 atom stereocenters. The molecular weight excluding hydrogens is 283 g/mol. The molecule has 0 fully saturated rings. The molecule has 2 unspecified atom stereocenters. The van der Waals surface area contributed by atoms with Crippen molar-refractivity contribution in [3.8, 4) is 0 Å². The van der Waals surface area contributed by atoms with Gasteiger partial charge in [-0.25, -0.2) is 4.39 Å². The standard InChI is InChI=1S/C17H23FN2S/c1-3-16(19)17(13-7-9-14(18)10-8-13)20(4-2)12-15-6-5-11-21-15/h5-11,16-17H,3-4,12,19H2,1-2H3. The van der Waals surface area contributed by atoms with E-state index in [4.69, 9.17) is 5.73 Å². The lowest BCUT2D eigenvalue weighted by Crippen LogP contribution is -2.40. The fourth-order valence-corrected chi connectivity index (χ4v) is 3.35. The Hall–Kier alpha value is -1.23. The molecule has 0 aliphatic rings. The Morgan fingerprint density at radius 1 is 1.19 bits per heavy atom. The number of hydrogen-bond acceptors (Lipinski definition) is 3. The number of rotatable bonds is 7. The molecule has 1 aromatic heterocycles. The van der Waals surface area contributed by atoms with Crippen LogP contribution in [0.1, 0.15) is 36.8 Å². The van der Waals surface area contributed by atoms with Gasteiger partial charge in [0.1, 0.15) is 5.82 Å². The Balaban J connectivity index is 2.26. The summed E-state index contributed by atoms with van der Waals surface area (Å²) in [7, 11) is 0. The number of benzene rings is 1. The summed E-state index contributed by atoms with van der Waals surface area (Å²) in [5.74, 6) is -0.205. The molecule has 1 aromatic carbocycles. The number of thiophene rings is 1. The van der Waals surface area contributed by atoms with Crippen LogP contribution >= 0.6 is 11.3 Å². The summed E-state index contributed by atoms with van der Waals surface area (Å²) < 4.78 is 13.2. The SMILES string of the molecule is CCC(N)C(c1ccc(F)cc1)N(CC)Cc1cccs1. The maximum absolute atomic E-state index is 13.2. The van der Waals surface area contributed by atoms with Crippen LogP contribution in [0, 0.1) is 5.82 Å². The topological polar surface area (TPSA) is 29.3 Å². The zero-order valence-electron chi connectivity index (χ0n) is 12.6. The lowest BCUT2D eigenvalue weighted by atomic mass is 9.96. The molecule has 2 aromatic rings. The van der Waals surface area contributed by atoms with E-state index < -0.39 is 0 Å². The van der Waals surface area contributed by atoms with Gasteiger partial charge in [-0.3, -0.25) is 4.90 Å². The van der Waals surface area contributed by atoms with E-state index in [2.05, 4.69) is 36.3 Å². The third-order valence-electron chi connectivity index (χ3n) is 3.83. The molecule has 4 heteroatoms. The Morgan fingerprint density at radius 3 is 2.43 bits per heavy atom. The quantitative estimate of drug-likeness (QED) is 0.831. The fourth-order valence-electron chi connectivity index (χ4n) is 2.62. The van der Waals surface area contributed by atoms with Crippen LogP contribution in [0.3, 0.4) is 0 Å². The summed E-state index contributed by atoms with van der Waals surface area (Å²) >= 11 is 1.76. The normalized spacial score (nSPS) is 14.3. The van der Waals surface area contributed by atoms with Crippen molar-refractivity contribution in [1.82, 2.24) is 4.90 Å². The number of likely N-dealkylation sites (N-methyl/N-ethyl adjacent to an activating group) is 1. The maximum atomic E-state index is 13.2. The second-order valence-electron chi connectivity index (χ2n) is 5.21. The van der Waals surface area contributed by atoms with Gasteiger partial charge in [0.2, 0.25) is 0 Å². The highest BCUT2D eigenvalue weighted by Gasteiger charge is 2.25. The van der Waals surface area contributed by atoms with Crippen LogP contribution in [0.2, 0.25) is 0 Å². The molecule has 114 valence electrons. The molecule has 21 heavy (non-hydrogen) atoms. The van der Waals surface area contributed by atoms with Crippen molar-refractivity contribution in [1.29, 1.82) is 0 Å². The highest BCUT2D eigenvalue weighted by Crippen LogP contribution is 2.27. The molecule has 0 spiro atoms. The van der Waals surface area contributed by atoms with E-state index in [1.54, 1.807) is 11.3 Å². The molecule has 2 N–H and O–H groups in total. The van der Waals surface area contributed by atoms with Gasteiger partial charge in [-0.1, -0.05) is 32.0 Å². The Labute approximate surface area is 130 Å². The maximum Gasteiger partial charge on any atom is 0.123 e. The minimum Gasteiger partial charge on any atom is -0.326 e. The first-order valence-electron chi connectivity index (χ1n) is 7.43. The molecule has 1 heterocycles. The van der Waals surface area contributed by atoms with E-state index in [0.29, 0.717) is 0 Å². The summed E-state index contributed by atoms with van der Waals surface area (Å²) in [5, 5.41) is 2.09. The van der Waals surface area contributed by atoms with Crippen LogP contribution in [0.15, 0.2) is 41.8 Å². The van der Waals surface area contributed by atoms with Gasteiger partial charge in [-0.05, 0) is 42.1 Å². The van der Waals surface area contributed by atoms with E-state index in [-0.39, 0.29) is 17.9 Å². The second-order valence-corrected chi connectivity index (χ2v) is 6.24. The molecule has 0 bridgehead atoms. The van der Waals surface area contributed by atoms with E-state index >= 15 is 0 Å². The Morgan fingerprint density at radius 2 is 1.90 bits per heavy atom. The number of hydrogen-bond donors (Lipinski definition) is 1. The summed E-state index contributed by atoms with van der Waals surface area (Å²) in [6.07, 6.45) is 0.892. The van der Waals surface area contributed by atoms with Crippen LogP contribution in [0.25, 0.3) is 0 Å². The summed E-state index contributed by atoms with van der Waals surface area (Å²) in [6.45, 7) is 6.03. The third-order valence-corrected chi connectivity index (χ3v) is 4.69. The van der Waals surface area contributed by atoms with Gasteiger partial charge in [0, 0.05) is 17.5 Å². The van der Waals surface area contributed by atoms with Gasteiger partial charge < -0.3 is 5.73 Å². The van der Waals surface area contributed by atoms with Crippen LogP contribution in [0.5, 0.6) is 0 Å². The Bertz CT molecular complexity index is 524. The van der Waals surface area contributed by atoms with Crippen molar-refractivity contribution in [3.05, 3.63) is 58.0 Å². The lowest BCUT2D eigenvalue weighted by molar-refractivity contribution is 0.171. The smallest absolute Gasteiger partial charge is 0.123 e. The Kier molecular flexibility index (Phi) is 5.91. The van der Waals surface area contributed by atoms with Crippen molar-refractivity contribution in [3.63, 3.8) is 0 Å². The zero-order valence-corrected chi connectivity index (χ0v) is 13.4. The number of nitrogens with two attached hydrogens (primary N) is 1.